The van der Waals surface area contributed by atoms with Gasteiger partial charge in [0, 0.05) is 18.1 Å². The van der Waals surface area contributed by atoms with Crippen molar-refractivity contribution < 1.29 is 4.74 Å². The van der Waals surface area contributed by atoms with E-state index in [2.05, 4.69) is 25.8 Å². The van der Waals surface area contributed by atoms with Gasteiger partial charge in [-0.2, -0.15) is 0 Å². The summed E-state index contributed by atoms with van der Waals surface area (Å²) in [4.78, 5) is 9.26. The zero-order valence-electron chi connectivity index (χ0n) is 12.0. The molecule has 0 fully saturated rings. The van der Waals surface area contributed by atoms with Gasteiger partial charge in [-0.15, -0.1) is 0 Å². The van der Waals surface area contributed by atoms with Crippen LogP contribution in [0.2, 0.25) is 0 Å². The summed E-state index contributed by atoms with van der Waals surface area (Å²) in [6, 6.07) is 12.1. The number of aromatic nitrogens is 2. The van der Waals surface area contributed by atoms with E-state index in [0.717, 1.165) is 22.8 Å². The molecule has 1 aromatic heterocycles. The minimum atomic E-state index is -0.00500. The Hall–Kier alpha value is -1.74. The summed E-state index contributed by atoms with van der Waals surface area (Å²) < 4.78 is 5.20. The third-order valence-electron chi connectivity index (χ3n) is 2.87. The molecule has 0 radical (unpaired) electrons. The first-order valence-electron chi connectivity index (χ1n) is 6.43. The molecule has 2 aromatic rings. The van der Waals surface area contributed by atoms with E-state index < -0.39 is 0 Å². The van der Waals surface area contributed by atoms with E-state index in [4.69, 9.17) is 9.72 Å². The molecule has 0 saturated heterocycles. The maximum atomic E-state index is 5.20. The van der Waals surface area contributed by atoms with Gasteiger partial charge in [-0.25, -0.2) is 9.97 Å². The Morgan fingerprint density at radius 3 is 2.32 bits per heavy atom. The van der Waals surface area contributed by atoms with E-state index in [0.29, 0.717) is 6.61 Å². The third kappa shape index (κ3) is 3.38. The lowest BCUT2D eigenvalue weighted by atomic mass is 9.91. The molecule has 0 spiro atoms. The van der Waals surface area contributed by atoms with Crippen LogP contribution in [0.4, 0.5) is 0 Å². The van der Waals surface area contributed by atoms with Crippen LogP contribution in [0, 0.1) is 0 Å². The minimum absolute atomic E-state index is 0.00500. The van der Waals surface area contributed by atoms with Crippen molar-refractivity contribution in [3.63, 3.8) is 0 Å². The zero-order chi connectivity index (χ0) is 13.9. The molecule has 0 aliphatic heterocycles. The Morgan fingerprint density at radius 1 is 1.05 bits per heavy atom. The average molecular weight is 256 g/mol. The molecule has 1 heterocycles. The monoisotopic (exact) mass is 256 g/mol. The molecule has 0 atom stereocenters. The van der Waals surface area contributed by atoms with Crippen LogP contribution < -0.4 is 0 Å². The highest BCUT2D eigenvalue weighted by Crippen LogP contribution is 2.24. The lowest BCUT2D eigenvalue weighted by Crippen LogP contribution is -2.15. The predicted molar refractivity (Wildman–Crippen MR) is 76.9 cm³/mol. The van der Waals surface area contributed by atoms with E-state index in [1.165, 1.54) is 0 Å². The molecule has 0 aliphatic carbocycles. The molecule has 0 saturated carbocycles. The van der Waals surface area contributed by atoms with Crippen LogP contribution in [0.3, 0.4) is 0 Å². The van der Waals surface area contributed by atoms with Gasteiger partial charge >= 0.3 is 0 Å². The average Bonchev–Trinajstić information content (AvgIpc) is 2.39. The maximum Gasteiger partial charge on any atom is 0.159 e. The normalized spacial score (nSPS) is 11.6. The number of hydrogen-bond donors (Lipinski definition) is 0. The number of nitrogens with zero attached hydrogens (tertiary/aromatic N) is 2. The lowest BCUT2D eigenvalue weighted by molar-refractivity contribution is 0.181. The first kappa shape index (κ1) is 13.7. The fourth-order valence-electron chi connectivity index (χ4n) is 1.82. The summed E-state index contributed by atoms with van der Waals surface area (Å²) in [7, 11) is 1.68. The second-order valence-corrected chi connectivity index (χ2v) is 5.62. The second kappa shape index (κ2) is 5.49. The largest absolute Gasteiger partial charge is 0.378 e. The lowest BCUT2D eigenvalue weighted by Gasteiger charge is -2.19. The standard InChI is InChI=1S/C16H20N2O/c1-16(2,3)14-10-13(11-19-4)17-15(18-14)12-8-6-5-7-9-12/h5-10H,11H2,1-4H3. The van der Waals surface area contributed by atoms with Crippen molar-refractivity contribution in [3.8, 4) is 11.4 Å². The number of methoxy groups -OCH3 is 1. The predicted octanol–water partition coefficient (Wildman–Crippen LogP) is 3.59. The minimum Gasteiger partial charge on any atom is -0.378 e. The molecule has 0 amide bonds. The Bertz CT molecular complexity index is 544. The molecule has 19 heavy (non-hydrogen) atoms. The summed E-state index contributed by atoms with van der Waals surface area (Å²) in [5.74, 6) is 0.764. The molecule has 0 N–H and O–H groups in total. The second-order valence-electron chi connectivity index (χ2n) is 5.62. The topological polar surface area (TPSA) is 35.0 Å². The van der Waals surface area contributed by atoms with Crippen LogP contribution in [0.5, 0.6) is 0 Å². The van der Waals surface area contributed by atoms with Crippen molar-refractivity contribution in [2.75, 3.05) is 7.11 Å². The zero-order valence-corrected chi connectivity index (χ0v) is 12.0. The number of benzene rings is 1. The van der Waals surface area contributed by atoms with Crippen LogP contribution in [0.15, 0.2) is 36.4 Å². The van der Waals surface area contributed by atoms with Gasteiger partial charge in [0.1, 0.15) is 0 Å². The van der Waals surface area contributed by atoms with Crippen molar-refractivity contribution in [2.24, 2.45) is 0 Å². The van der Waals surface area contributed by atoms with Crippen molar-refractivity contribution in [1.82, 2.24) is 9.97 Å². The fraction of sp³-hybridized carbons (Fsp3) is 0.375. The highest BCUT2D eigenvalue weighted by molar-refractivity contribution is 5.55. The van der Waals surface area contributed by atoms with Crippen LogP contribution in [-0.4, -0.2) is 17.1 Å². The summed E-state index contributed by atoms with van der Waals surface area (Å²) in [5.41, 5.74) is 2.98. The molecule has 100 valence electrons. The van der Waals surface area contributed by atoms with Crippen LogP contribution in [-0.2, 0) is 16.8 Å². The number of hydrogen-bond acceptors (Lipinski definition) is 3. The summed E-state index contributed by atoms with van der Waals surface area (Å²) in [6.45, 7) is 6.97. The van der Waals surface area contributed by atoms with E-state index in [1.54, 1.807) is 7.11 Å². The molecule has 2 rings (SSSR count). The Kier molecular flexibility index (Phi) is 3.96. The van der Waals surface area contributed by atoms with Crippen molar-refractivity contribution in [3.05, 3.63) is 47.8 Å². The molecule has 0 aliphatic rings. The summed E-state index contributed by atoms with van der Waals surface area (Å²) in [6.07, 6.45) is 0. The van der Waals surface area contributed by atoms with E-state index in [-0.39, 0.29) is 5.41 Å². The number of rotatable bonds is 3. The third-order valence-corrected chi connectivity index (χ3v) is 2.87. The highest BCUT2D eigenvalue weighted by atomic mass is 16.5. The maximum absolute atomic E-state index is 5.20. The van der Waals surface area contributed by atoms with E-state index in [1.807, 2.05) is 36.4 Å². The number of ether oxygens (including phenoxy) is 1. The molecule has 0 unspecified atom stereocenters. The van der Waals surface area contributed by atoms with Gasteiger partial charge in [-0.1, -0.05) is 51.1 Å². The van der Waals surface area contributed by atoms with Gasteiger partial charge in [-0.3, -0.25) is 0 Å². The quantitative estimate of drug-likeness (QED) is 0.841. The van der Waals surface area contributed by atoms with Crippen LogP contribution >= 0.6 is 0 Å². The first-order chi connectivity index (χ1) is 9.00. The van der Waals surface area contributed by atoms with Crippen LogP contribution in [0.25, 0.3) is 11.4 Å². The molecular weight excluding hydrogens is 236 g/mol. The molecule has 3 heteroatoms. The Labute approximate surface area is 114 Å². The van der Waals surface area contributed by atoms with Crippen molar-refractivity contribution in [2.45, 2.75) is 32.8 Å². The molecular formula is C16H20N2O. The first-order valence-corrected chi connectivity index (χ1v) is 6.43. The van der Waals surface area contributed by atoms with E-state index in [9.17, 15) is 0 Å². The fourth-order valence-corrected chi connectivity index (χ4v) is 1.82. The molecule has 3 nitrogen and oxygen atoms in total. The van der Waals surface area contributed by atoms with Gasteiger partial charge in [0.15, 0.2) is 5.82 Å². The van der Waals surface area contributed by atoms with Crippen molar-refractivity contribution in [1.29, 1.82) is 0 Å². The summed E-state index contributed by atoms with van der Waals surface area (Å²) >= 11 is 0. The van der Waals surface area contributed by atoms with Gasteiger partial charge in [0.05, 0.1) is 18.0 Å². The molecule has 0 bridgehead atoms. The summed E-state index contributed by atoms with van der Waals surface area (Å²) in [5, 5.41) is 0. The van der Waals surface area contributed by atoms with Gasteiger partial charge in [0.25, 0.3) is 0 Å². The Morgan fingerprint density at radius 2 is 1.74 bits per heavy atom. The highest BCUT2D eigenvalue weighted by Gasteiger charge is 2.18. The van der Waals surface area contributed by atoms with E-state index >= 15 is 0 Å². The van der Waals surface area contributed by atoms with Crippen molar-refractivity contribution >= 4 is 0 Å². The van der Waals surface area contributed by atoms with Gasteiger partial charge in [0.2, 0.25) is 0 Å². The van der Waals surface area contributed by atoms with Gasteiger partial charge in [-0.05, 0) is 6.07 Å². The van der Waals surface area contributed by atoms with Gasteiger partial charge < -0.3 is 4.74 Å². The molecule has 1 aromatic carbocycles. The SMILES string of the molecule is COCc1cc(C(C)(C)C)nc(-c2ccccc2)n1. The Balaban J connectivity index is 2.52. The van der Waals surface area contributed by atoms with Crippen LogP contribution in [0.1, 0.15) is 32.2 Å². The smallest absolute Gasteiger partial charge is 0.159 e.